The van der Waals surface area contributed by atoms with Gasteiger partial charge in [-0.1, -0.05) is 12.1 Å². The first-order valence-corrected chi connectivity index (χ1v) is 8.84. The van der Waals surface area contributed by atoms with Crippen molar-refractivity contribution in [1.29, 1.82) is 0 Å². The molecular formula is C20H27NO6. The topological polar surface area (TPSA) is 93.1 Å². The molecule has 0 aliphatic carbocycles. The smallest absolute Gasteiger partial charge is 0.335 e. The van der Waals surface area contributed by atoms with Crippen molar-refractivity contribution in [3.63, 3.8) is 0 Å². The van der Waals surface area contributed by atoms with Crippen LogP contribution in [0, 0.1) is 0 Å². The van der Waals surface area contributed by atoms with Crippen LogP contribution in [0.4, 0.5) is 0 Å². The molecule has 0 fully saturated rings. The number of carbonyl (C=O) groups is 3. The van der Waals surface area contributed by atoms with E-state index in [1.807, 2.05) is 0 Å². The summed E-state index contributed by atoms with van der Waals surface area (Å²) in [6.45, 7) is 4.99. The molecule has 7 nitrogen and oxygen atoms in total. The van der Waals surface area contributed by atoms with Gasteiger partial charge in [-0.3, -0.25) is 9.59 Å². The maximum atomic E-state index is 12.8. The lowest BCUT2D eigenvalue weighted by Gasteiger charge is -2.22. The van der Waals surface area contributed by atoms with Crippen LogP contribution in [0.3, 0.4) is 0 Å². The average Bonchev–Trinajstić information content (AvgIpc) is 2.64. The minimum absolute atomic E-state index is 0.132. The highest BCUT2D eigenvalue weighted by molar-refractivity contribution is 5.97. The lowest BCUT2D eigenvalue weighted by atomic mass is 10.1. The summed E-state index contributed by atoms with van der Waals surface area (Å²) >= 11 is 0. The van der Waals surface area contributed by atoms with Gasteiger partial charge in [-0.05, 0) is 44.0 Å². The van der Waals surface area contributed by atoms with Crippen LogP contribution in [0.2, 0.25) is 0 Å². The molecule has 0 heterocycles. The molecule has 27 heavy (non-hydrogen) atoms. The highest BCUT2D eigenvalue weighted by Gasteiger charge is 2.17. The Bertz CT molecular complexity index is 666. The number of ether oxygens (including phenoxy) is 2. The number of rotatable bonds is 11. The summed E-state index contributed by atoms with van der Waals surface area (Å²) in [7, 11) is 1.59. The Labute approximate surface area is 159 Å². The number of methoxy groups -OCH3 is 1. The SMILES string of the molecule is CCOC(=O)CCN(CCCOC)C(=O)C(C)=Cc1ccc(C(=O)O)cc1. The van der Waals surface area contributed by atoms with E-state index in [0.29, 0.717) is 31.8 Å². The highest BCUT2D eigenvalue weighted by atomic mass is 16.5. The van der Waals surface area contributed by atoms with E-state index < -0.39 is 5.97 Å². The third-order valence-corrected chi connectivity index (χ3v) is 3.83. The first-order chi connectivity index (χ1) is 12.9. The fraction of sp³-hybridized carbons (Fsp3) is 0.450. The van der Waals surface area contributed by atoms with Gasteiger partial charge >= 0.3 is 11.9 Å². The first kappa shape index (κ1) is 22.4. The summed E-state index contributed by atoms with van der Waals surface area (Å²) < 4.78 is 9.95. The van der Waals surface area contributed by atoms with Gasteiger partial charge in [0.05, 0.1) is 18.6 Å². The van der Waals surface area contributed by atoms with Crippen LogP contribution >= 0.6 is 0 Å². The number of hydrogen-bond acceptors (Lipinski definition) is 5. The number of carbonyl (C=O) groups excluding carboxylic acids is 2. The van der Waals surface area contributed by atoms with E-state index in [9.17, 15) is 14.4 Å². The van der Waals surface area contributed by atoms with Crippen molar-refractivity contribution in [1.82, 2.24) is 4.90 Å². The van der Waals surface area contributed by atoms with Crippen molar-refractivity contribution in [2.24, 2.45) is 0 Å². The van der Waals surface area contributed by atoms with Crippen molar-refractivity contribution in [2.45, 2.75) is 26.7 Å². The van der Waals surface area contributed by atoms with Gasteiger partial charge < -0.3 is 19.5 Å². The maximum Gasteiger partial charge on any atom is 0.335 e. The van der Waals surface area contributed by atoms with Crippen LogP contribution in [0.25, 0.3) is 6.08 Å². The summed E-state index contributed by atoms with van der Waals surface area (Å²) in [5.41, 5.74) is 1.42. The fourth-order valence-corrected chi connectivity index (χ4v) is 2.46. The highest BCUT2D eigenvalue weighted by Crippen LogP contribution is 2.12. The van der Waals surface area contributed by atoms with Gasteiger partial charge in [0.2, 0.25) is 5.91 Å². The van der Waals surface area contributed by atoms with E-state index in [1.165, 1.54) is 12.1 Å². The second-order valence-electron chi connectivity index (χ2n) is 5.95. The summed E-state index contributed by atoms with van der Waals surface area (Å²) in [6.07, 6.45) is 2.49. The van der Waals surface area contributed by atoms with E-state index in [2.05, 4.69) is 0 Å². The molecule has 0 saturated carbocycles. The third kappa shape index (κ3) is 8.04. The number of esters is 1. The summed E-state index contributed by atoms with van der Waals surface area (Å²) in [5.74, 6) is -1.52. The molecule has 0 unspecified atom stereocenters. The molecule has 1 rings (SSSR count). The summed E-state index contributed by atoms with van der Waals surface area (Å²) in [5, 5.41) is 8.94. The van der Waals surface area contributed by atoms with Crippen LogP contribution in [-0.4, -0.2) is 61.3 Å². The molecule has 0 saturated heterocycles. The van der Waals surface area contributed by atoms with Gasteiger partial charge in [-0.2, -0.15) is 0 Å². The van der Waals surface area contributed by atoms with Crippen LogP contribution in [0.15, 0.2) is 29.8 Å². The van der Waals surface area contributed by atoms with Crippen molar-refractivity contribution in [2.75, 3.05) is 33.4 Å². The number of amides is 1. The predicted octanol–water partition coefficient (Wildman–Crippen LogP) is 2.61. The molecule has 0 radical (unpaired) electrons. The third-order valence-electron chi connectivity index (χ3n) is 3.83. The number of hydrogen-bond donors (Lipinski definition) is 1. The standard InChI is InChI=1S/C20H27NO6/c1-4-27-18(22)10-12-21(11-5-13-26-3)19(23)15(2)14-16-6-8-17(9-7-16)20(24)25/h6-9,14H,4-5,10-13H2,1-3H3,(H,24,25). The van der Waals surface area contributed by atoms with E-state index in [1.54, 1.807) is 44.1 Å². The minimum atomic E-state index is -0.999. The Hall–Kier alpha value is -2.67. The summed E-state index contributed by atoms with van der Waals surface area (Å²) in [6, 6.07) is 6.27. The summed E-state index contributed by atoms with van der Waals surface area (Å²) in [4.78, 5) is 36.9. The largest absolute Gasteiger partial charge is 0.478 e. The second-order valence-corrected chi connectivity index (χ2v) is 5.95. The Morgan fingerprint density at radius 3 is 2.37 bits per heavy atom. The zero-order valence-electron chi connectivity index (χ0n) is 16.1. The van der Waals surface area contributed by atoms with Crippen LogP contribution < -0.4 is 0 Å². The lowest BCUT2D eigenvalue weighted by Crippen LogP contribution is -2.35. The van der Waals surface area contributed by atoms with Gasteiger partial charge in [0, 0.05) is 32.4 Å². The molecule has 148 valence electrons. The van der Waals surface area contributed by atoms with E-state index in [0.717, 1.165) is 5.56 Å². The zero-order chi connectivity index (χ0) is 20.2. The molecular weight excluding hydrogens is 350 g/mol. The van der Waals surface area contributed by atoms with Crippen LogP contribution in [0.5, 0.6) is 0 Å². The molecule has 0 bridgehead atoms. The maximum absolute atomic E-state index is 12.8. The van der Waals surface area contributed by atoms with Crippen molar-refractivity contribution in [3.8, 4) is 0 Å². The van der Waals surface area contributed by atoms with Gasteiger partial charge in [0.1, 0.15) is 0 Å². The molecule has 7 heteroatoms. The Morgan fingerprint density at radius 1 is 1.15 bits per heavy atom. The first-order valence-electron chi connectivity index (χ1n) is 8.84. The average molecular weight is 377 g/mol. The Balaban J connectivity index is 2.83. The lowest BCUT2D eigenvalue weighted by molar-refractivity contribution is -0.143. The molecule has 0 atom stereocenters. The predicted molar refractivity (Wildman–Crippen MR) is 101 cm³/mol. The van der Waals surface area contributed by atoms with E-state index in [4.69, 9.17) is 14.6 Å². The normalized spacial score (nSPS) is 11.1. The zero-order valence-corrected chi connectivity index (χ0v) is 16.1. The number of carboxylic acids is 1. The number of nitrogens with zero attached hydrogens (tertiary/aromatic N) is 1. The van der Waals surface area contributed by atoms with Crippen LogP contribution in [-0.2, 0) is 19.1 Å². The van der Waals surface area contributed by atoms with Crippen LogP contribution in [0.1, 0.15) is 42.6 Å². The molecule has 0 aliphatic heterocycles. The number of benzene rings is 1. The molecule has 0 aromatic heterocycles. The van der Waals surface area contributed by atoms with Crippen molar-refractivity contribution >= 4 is 23.9 Å². The quantitative estimate of drug-likeness (QED) is 0.362. The number of carboxylic acid groups (broad SMARTS) is 1. The van der Waals surface area contributed by atoms with Crippen molar-refractivity contribution < 1.29 is 29.0 Å². The molecule has 0 aliphatic rings. The minimum Gasteiger partial charge on any atom is -0.478 e. The van der Waals surface area contributed by atoms with Gasteiger partial charge in [-0.25, -0.2) is 4.79 Å². The van der Waals surface area contributed by atoms with Gasteiger partial charge in [0.15, 0.2) is 0 Å². The van der Waals surface area contributed by atoms with E-state index >= 15 is 0 Å². The fourth-order valence-electron chi connectivity index (χ4n) is 2.46. The Morgan fingerprint density at radius 2 is 1.81 bits per heavy atom. The van der Waals surface area contributed by atoms with Crippen molar-refractivity contribution in [3.05, 3.63) is 41.0 Å². The monoisotopic (exact) mass is 377 g/mol. The molecule has 1 N–H and O–H groups in total. The second kappa shape index (κ2) is 11.9. The number of aromatic carboxylic acids is 1. The molecule has 1 aromatic rings. The Kier molecular flexibility index (Phi) is 9.82. The van der Waals surface area contributed by atoms with Gasteiger partial charge in [0.25, 0.3) is 0 Å². The molecule has 1 amide bonds. The molecule has 0 spiro atoms. The van der Waals surface area contributed by atoms with Gasteiger partial charge in [-0.15, -0.1) is 0 Å². The molecule has 1 aromatic carbocycles. The van der Waals surface area contributed by atoms with E-state index in [-0.39, 0.29) is 30.4 Å².